The highest BCUT2D eigenvalue weighted by molar-refractivity contribution is 5.34. The number of fused-ring (bicyclic) bond motifs is 8. The summed E-state index contributed by atoms with van der Waals surface area (Å²) < 4.78 is 8.87. The summed E-state index contributed by atoms with van der Waals surface area (Å²) in [5.41, 5.74) is 5.59. The summed E-state index contributed by atoms with van der Waals surface area (Å²) in [4.78, 5) is 0. The third kappa shape index (κ3) is 6.44. The molecule has 12 atom stereocenters. The van der Waals surface area contributed by atoms with Crippen LogP contribution in [0.4, 0.5) is 0 Å². The van der Waals surface area contributed by atoms with Gasteiger partial charge in [0.2, 0.25) is 0 Å². The van der Waals surface area contributed by atoms with Crippen molar-refractivity contribution >= 4 is 0 Å². The molecule has 3 fully saturated rings. The average molecular weight is 697 g/mol. The number of nitrogens with one attached hydrogen (secondary N) is 4. The molecule has 0 spiro atoms. The van der Waals surface area contributed by atoms with Crippen molar-refractivity contribution in [1.29, 1.82) is 0 Å². The second-order valence-electron chi connectivity index (χ2n) is 16.4. The van der Waals surface area contributed by atoms with Crippen LogP contribution in [0, 0.1) is 0 Å². The predicted octanol–water partition coefficient (Wildman–Crippen LogP) is 2.47. The van der Waals surface area contributed by atoms with Crippen molar-refractivity contribution in [3.05, 3.63) is 145 Å². The Balaban J connectivity index is 1.16. The zero-order chi connectivity index (χ0) is 35.3. The van der Waals surface area contributed by atoms with Crippen LogP contribution in [0.3, 0.4) is 0 Å². The normalized spacial score (nSPS) is 35.3. The molecule has 8 heteroatoms. The lowest BCUT2D eigenvalue weighted by Crippen LogP contribution is -2.52. The Labute approximate surface area is 309 Å². The average Bonchev–Trinajstić information content (AvgIpc) is 3.96. The fourth-order valence-corrected chi connectivity index (χ4v) is 10.8. The van der Waals surface area contributed by atoms with E-state index in [-0.39, 0.29) is 24.2 Å². The van der Waals surface area contributed by atoms with E-state index in [1.807, 2.05) is 0 Å². The zero-order valence-electron chi connectivity index (χ0n) is 31.1. The van der Waals surface area contributed by atoms with Gasteiger partial charge in [-0.3, -0.25) is 0 Å². The van der Waals surface area contributed by atoms with Gasteiger partial charge in [0.25, 0.3) is 0 Å². The first-order valence-electron chi connectivity index (χ1n) is 19.6. The number of rotatable bonds is 4. The second-order valence-corrected chi connectivity index (χ2v) is 16.4. The van der Waals surface area contributed by atoms with E-state index in [9.17, 15) is 0 Å². The van der Waals surface area contributed by atoms with Crippen molar-refractivity contribution in [3.8, 4) is 0 Å². The summed E-state index contributed by atoms with van der Waals surface area (Å²) in [6.07, 6.45) is 32.6. The first-order chi connectivity index (χ1) is 25.4. The second kappa shape index (κ2) is 14.0. The van der Waals surface area contributed by atoms with Crippen molar-refractivity contribution in [2.75, 3.05) is 0 Å². The van der Waals surface area contributed by atoms with Crippen LogP contribution in [0.25, 0.3) is 0 Å². The van der Waals surface area contributed by atoms with Gasteiger partial charge < -0.3 is 21.3 Å². The molecule has 4 N–H and O–H groups in total. The Hall–Kier alpha value is -4.08. The minimum absolute atomic E-state index is 0.229. The van der Waals surface area contributed by atoms with Gasteiger partial charge in [-0.05, 0) is 49.9 Å². The molecule has 5 aliphatic rings. The summed E-state index contributed by atoms with van der Waals surface area (Å²) in [7, 11) is 8.61. The number of aromatic nitrogens is 4. The van der Waals surface area contributed by atoms with E-state index < -0.39 is 0 Å². The van der Waals surface area contributed by atoms with Gasteiger partial charge in [0.15, 0.2) is 49.6 Å². The molecular weight excluding hydrogens is 641 g/mol. The van der Waals surface area contributed by atoms with Crippen LogP contribution in [0.1, 0.15) is 71.6 Å². The minimum Gasteiger partial charge on any atom is -0.310 e. The molecule has 3 saturated heterocycles. The van der Waals surface area contributed by atoms with Crippen molar-refractivity contribution in [3.63, 3.8) is 0 Å². The fraction of sp³-hybridized carbons (Fsp3) is 0.455. The van der Waals surface area contributed by atoms with Crippen molar-refractivity contribution in [1.82, 2.24) is 21.3 Å². The molecule has 0 aliphatic carbocycles. The number of pyridine rings is 4. The lowest BCUT2D eigenvalue weighted by atomic mass is 9.83. The van der Waals surface area contributed by atoms with Gasteiger partial charge in [-0.2, -0.15) is 0 Å². The largest absolute Gasteiger partial charge is 0.310 e. The van der Waals surface area contributed by atoms with E-state index in [2.05, 4.69) is 190 Å². The highest BCUT2D eigenvalue weighted by Crippen LogP contribution is 2.43. The molecule has 8 bridgehead atoms. The van der Waals surface area contributed by atoms with Crippen molar-refractivity contribution in [2.45, 2.75) is 97.7 Å². The molecule has 9 rings (SSSR count). The van der Waals surface area contributed by atoms with Crippen molar-refractivity contribution < 1.29 is 18.3 Å². The number of nitrogens with zero attached hydrogens (tertiary/aromatic N) is 4. The molecule has 0 amide bonds. The quantitative estimate of drug-likeness (QED) is 0.196. The predicted molar refractivity (Wildman–Crippen MR) is 201 cm³/mol. The van der Waals surface area contributed by atoms with Crippen molar-refractivity contribution in [2.24, 2.45) is 28.2 Å². The van der Waals surface area contributed by atoms with E-state index in [1.54, 1.807) is 0 Å². The molecule has 12 unspecified atom stereocenters. The molecule has 268 valence electrons. The van der Waals surface area contributed by atoms with Gasteiger partial charge in [-0.15, -0.1) is 0 Å². The maximum atomic E-state index is 4.32. The van der Waals surface area contributed by atoms with E-state index in [0.29, 0.717) is 47.8 Å². The molecule has 8 nitrogen and oxygen atoms in total. The Bertz CT molecular complexity index is 1700. The number of hydrogen-bond donors (Lipinski definition) is 4. The Morgan fingerprint density at radius 3 is 0.865 bits per heavy atom. The lowest BCUT2D eigenvalue weighted by molar-refractivity contribution is -0.672. The van der Waals surface area contributed by atoms with Crippen LogP contribution in [0.15, 0.2) is 122 Å². The maximum Gasteiger partial charge on any atom is 0.172 e. The third-order valence-electron chi connectivity index (χ3n) is 12.9. The van der Waals surface area contributed by atoms with Gasteiger partial charge >= 0.3 is 0 Å². The first-order valence-corrected chi connectivity index (χ1v) is 19.6. The molecule has 4 aromatic heterocycles. The smallest absolute Gasteiger partial charge is 0.172 e. The van der Waals surface area contributed by atoms with Gasteiger partial charge in [0.1, 0.15) is 28.2 Å². The molecule has 5 aliphatic heterocycles. The van der Waals surface area contributed by atoms with Gasteiger partial charge in [-0.1, -0.05) is 24.3 Å². The first kappa shape index (κ1) is 33.7. The Morgan fingerprint density at radius 1 is 0.385 bits per heavy atom. The van der Waals surface area contributed by atoms with Crippen LogP contribution < -0.4 is 39.5 Å². The summed E-state index contributed by atoms with van der Waals surface area (Å²) >= 11 is 0. The Kier molecular flexibility index (Phi) is 9.11. The topological polar surface area (TPSA) is 63.6 Å². The molecule has 0 aromatic carbocycles. The molecular formula is C44H56N8+4. The SMILES string of the molecule is C[n+]1cccc(C2C3C=CC(N3)C(c3ccc[n+](C)c3)C3CCC(N3)C(c3ccc[n+](C)c3)C3C=CC(N3)C(c3ccc[n+](C)c3)C3CCC2N3)c1. The van der Waals surface area contributed by atoms with Gasteiger partial charge in [0, 0.05) is 119 Å². The van der Waals surface area contributed by atoms with Crippen LogP contribution in [0.5, 0.6) is 0 Å². The fourth-order valence-electron chi connectivity index (χ4n) is 10.8. The highest BCUT2D eigenvalue weighted by Gasteiger charge is 2.48. The zero-order valence-corrected chi connectivity index (χ0v) is 31.1. The summed E-state index contributed by atoms with van der Waals surface area (Å²) in [5, 5.41) is 17.2. The van der Waals surface area contributed by atoms with Crippen LogP contribution in [0.2, 0.25) is 0 Å². The van der Waals surface area contributed by atoms with Crippen LogP contribution in [-0.2, 0) is 28.2 Å². The molecule has 0 saturated carbocycles. The van der Waals surface area contributed by atoms with Crippen LogP contribution in [-0.4, -0.2) is 48.3 Å². The summed E-state index contributed by atoms with van der Waals surface area (Å²) in [5.74, 6) is 1.22. The van der Waals surface area contributed by atoms with Gasteiger partial charge in [-0.25, -0.2) is 18.3 Å². The lowest BCUT2D eigenvalue weighted by Gasteiger charge is -2.37. The van der Waals surface area contributed by atoms with E-state index in [0.717, 1.165) is 25.7 Å². The Morgan fingerprint density at radius 2 is 0.635 bits per heavy atom. The number of aryl methyl sites for hydroxylation is 4. The molecule has 0 radical (unpaired) electrons. The van der Waals surface area contributed by atoms with E-state index in [1.165, 1.54) is 22.3 Å². The maximum absolute atomic E-state index is 4.32. The highest BCUT2D eigenvalue weighted by atomic mass is 15.1. The van der Waals surface area contributed by atoms with Gasteiger partial charge in [0.05, 0.1) is 0 Å². The molecule has 52 heavy (non-hydrogen) atoms. The third-order valence-corrected chi connectivity index (χ3v) is 12.9. The standard InChI is InChI=1S/C44H56N8/c1-49-21-5-9-29(25-49)41-33-13-15-35(45-33)42(30-10-6-22-50(2)26-30)37-17-19-39(47-37)44(32-12-8-24-52(4)28-32)40-20-18-38(48-40)43(36-16-14-34(41)46-36)31-11-7-23-51(3)27-31/h5-13,15,18,20-28,33-48H,14,16-17,19H2,1-4H3/q+4. The van der Waals surface area contributed by atoms with E-state index in [4.69, 9.17) is 0 Å². The number of hydrogen-bond acceptors (Lipinski definition) is 4. The summed E-state index contributed by atoms with van der Waals surface area (Å²) in [6, 6.07) is 20.6. The van der Waals surface area contributed by atoms with E-state index >= 15 is 0 Å². The summed E-state index contributed by atoms with van der Waals surface area (Å²) in [6.45, 7) is 0. The van der Waals surface area contributed by atoms with Crippen LogP contribution >= 0.6 is 0 Å². The molecule has 9 heterocycles. The molecule has 4 aromatic rings. The minimum atomic E-state index is 0.229. The monoisotopic (exact) mass is 696 g/mol.